The molecule has 0 aliphatic carbocycles. The van der Waals surface area contributed by atoms with Crippen molar-refractivity contribution in [3.05, 3.63) is 36.5 Å². The van der Waals surface area contributed by atoms with Gasteiger partial charge in [-0.3, -0.25) is 0 Å². The van der Waals surface area contributed by atoms with Crippen LogP contribution in [0.15, 0.2) is 36.5 Å². The average Bonchev–Trinajstić information content (AvgIpc) is 3.53. The molecule has 254 valence electrons. The quantitative estimate of drug-likeness (QED) is 0.121. The minimum atomic E-state index is -1.74. The van der Waals surface area contributed by atoms with Crippen LogP contribution in [-0.4, -0.2) is 189 Å². The normalized spacial score (nSPS) is 35.0. The maximum absolute atomic E-state index is 9.94. The summed E-state index contributed by atoms with van der Waals surface area (Å²) < 4.78 is 15.3. The lowest BCUT2D eigenvalue weighted by molar-refractivity contribution is -0.355. The van der Waals surface area contributed by atoms with Gasteiger partial charge >= 0.3 is 0 Å². The van der Waals surface area contributed by atoms with Crippen molar-refractivity contribution >= 4 is 10.9 Å². The van der Waals surface area contributed by atoms with Gasteiger partial charge in [0.05, 0.1) is 26.4 Å². The van der Waals surface area contributed by atoms with Crippen LogP contribution in [0, 0.1) is 0 Å². The molecule has 0 amide bonds. The fraction of sp³-hybridized carbons (Fsp3) is 0.692. The van der Waals surface area contributed by atoms with Gasteiger partial charge in [0.25, 0.3) is 0 Å². The molecule has 18 nitrogen and oxygen atoms in total. The molecule has 0 spiro atoms. The summed E-state index contributed by atoms with van der Waals surface area (Å²) in [5, 5.41) is 130. The van der Waals surface area contributed by atoms with Gasteiger partial charge in [0.2, 0.25) is 0 Å². The minimum Gasteiger partial charge on any atom is -0.394 e. The summed E-state index contributed by atoms with van der Waals surface area (Å²) in [7, 11) is 0. The van der Waals surface area contributed by atoms with Crippen LogP contribution >= 0.6 is 0 Å². The number of ether oxygens (including phenoxy) is 3. The van der Waals surface area contributed by atoms with E-state index in [4.69, 9.17) is 50.0 Å². The Hall–Kier alpha value is -1.92. The van der Waals surface area contributed by atoms with E-state index in [0.717, 1.165) is 0 Å². The van der Waals surface area contributed by atoms with Gasteiger partial charge in [0.1, 0.15) is 73.2 Å². The van der Waals surface area contributed by atoms with Gasteiger partial charge < -0.3 is 90.7 Å². The summed E-state index contributed by atoms with van der Waals surface area (Å²) in [6.07, 6.45) is -20.0. The van der Waals surface area contributed by atoms with Crippen molar-refractivity contribution in [3.63, 3.8) is 0 Å². The number of hydrogen-bond acceptors (Lipinski definition) is 17. The Morgan fingerprint density at radius 1 is 0.659 bits per heavy atom. The summed E-state index contributed by atoms with van der Waals surface area (Å²) in [5.41, 5.74) is 1.21. The molecule has 0 bridgehead atoms. The Balaban J connectivity index is 0.000000266. The van der Waals surface area contributed by atoms with Crippen LogP contribution in [0.25, 0.3) is 10.9 Å². The van der Waals surface area contributed by atoms with E-state index in [1.165, 1.54) is 10.9 Å². The summed E-state index contributed by atoms with van der Waals surface area (Å²) in [4.78, 5) is 3.12. The van der Waals surface area contributed by atoms with Crippen LogP contribution in [0.3, 0.4) is 0 Å². The first-order chi connectivity index (χ1) is 20.8. The van der Waals surface area contributed by atoms with Crippen LogP contribution < -0.4 is 0 Å². The maximum Gasteiger partial charge on any atom is 0.187 e. The fourth-order valence-corrected chi connectivity index (χ4v) is 4.24. The smallest absolute Gasteiger partial charge is 0.187 e. The van der Waals surface area contributed by atoms with E-state index >= 15 is 0 Å². The van der Waals surface area contributed by atoms with Crippen molar-refractivity contribution in [1.82, 2.24) is 4.98 Å². The summed E-state index contributed by atoms with van der Waals surface area (Å²) >= 11 is 0. The van der Waals surface area contributed by atoms with Crippen LogP contribution in [0.1, 0.15) is 0 Å². The highest BCUT2D eigenvalue weighted by molar-refractivity contribution is 5.78. The van der Waals surface area contributed by atoms with Gasteiger partial charge in [-0.05, 0) is 17.5 Å². The number of aromatic nitrogens is 1. The third-order valence-corrected chi connectivity index (χ3v) is 6.95. The van der Waals surface area contributed by atoms with E-state index in [1.54, 1.807) is 0 Å². The van der Waals surface area contributed by atoms with Crippen molar-refractivity contribution in [2.24, 2.45) is 0 Å². The Morgan fingerprint density at radius 2 is 1.23 bits per heavy atom. The molecule has 15 N–H and O–H groups in total. The molecule has 2 fully saturated rings. The molecule has 0 radical (unpaired) electrons. The molecule has 1 aromatic carbocycles. The second kappa shape index (κ2) is 18.3. The number of aliphatic hydroxyl groups excluding tert-OH is 14. The maximum atomic E-state index is 9.94. The number of rotatable bonds is 9. The predicted molar refractivity (Wildman–Crippen MR) is 145 cm³/mol. The summed E-state index contributed by atoms with van der Waals surface area (Å²) in [6, 6.07) is 10.3. The molecule has 3 heterocycles. The number of para-hydroxylation sites is 1. The van der Waals surface area contributed by atoms with Gasteiger partial charge in [-0.15, -0.1) is 0 Å². The predicted octanol–water partition coefficient (Wildman–Crippen LogP) is -6.81. The molecule has 4 rings (SSSR count). The minimum absolute atomic E-state index is 0.667. The first-order valence-electron chi connectivity index (χ1n) is 13.5. The number of aliphatic hydroxyl groups is 14. The lowest BCUT2D eigenvalue weighted by Gasteiger charge is -2.45. The molecule has 1 aromatic heterocycles. The molecule has 1 unspecified atom stereocenters. The molecular formula is C26H43NO17. The molecule has 14 atom stereocenters. The molecule has 44 heavy (non-hydrogen) atoms. The Bertz CT molecular complexity index is 1010. The van der Waals surface area contributed by atoms with Gasteiger partial charge in [-0.25, -0.2) is 0 Å². The molecule has 0 saturated carbocycles. The Kier molecular flexibility index (Phi) is 15.9. The van der Waals surface area contributed by atoms with Crippen molar-refractivity contribution in [1.29, 1.82) is 0 Å². The number of fused-ring (bicyclic) bond motifs is 1. The second-order valence-corrected chi connectivity index (χ2v) is 10.1. The highest BCUT2D eigenvalue weighted by atomic mass is 16.7. The zero-order chi connectivity index (χ0) is 33.1. The number of benzene rings is 1. The van der Waals surface area contributed by atoms with Gasteiger partial charge in [-0.2, -0.15) is 0 Å². The Morgan fingerprint density at radius 3 is 1.75 bits per heavy atom. The highest BCUT2D eigenvalue weighted by Crippen LogP contribution is 2.28. The van der Waals surface area contributed by atoms with Gasteiger partial charge in [0.15, 0.2) is 12.6 Å². The van der Waals surface area contributed by atoms with Crippen molar-refractivity contribution < 1.29 is 85.7 Å². The molecule has 2 aromatic rings. The third-order valence-electron chi connectivity index (χ3n) is 6.95. The fourth-order valence-electron chi connectivity index (χ4n) is 4.24. The summed E-state index contributed by atoms with van der Waals surface area (Å²) in [6.45, 7) is -2.80. The molecular weight excluding hydrogens is 598 g/mol. The zero-order valence-corrected chi connectivity index (χ0v) is 23.4. The second-order valence-electron chi connectivity index (χ2n) is 10.1. The van der Waals surface area contributed by atoms with Gasteiger partial charge in [-0.1, -0.05) is 18.2 Å². The van der Waals surface area contributed by atoms with E-state index in [9.17, 15) is 35.7 Å². The van der Waals surface area contributed by atoms with E-state index in [1.807, 2.05) is 18.3 Å². The highest BCUT2D eigenvalue weighted by Gasteiger charge is 2.50. The third kappa shape index (κ3) is 9.79. The largest absolute Gasteiger partial charge is 0.394 e. The number of nitrogens with one attached hydrogen (secondary N) is 1. The van der Waals surface area contributed by atoms with Crippen molar-refractivity contribution in [3.8, 4) is 0 Å². The standard InChI is InChI=1S/C12H22O11.C8H7N.C6H14O6/c13-1-3-5(15)6(16)9(19)12(22-3)23-10-4(2-14)21-11(20)8(18)7(10)17;1-2-4-8-7(3-1)5-6-9-8;7-1-3(9)5(11)6(12)4(10)2-8/h3-20H,1-2H2;1-6,9H;3-12H,1-2H2/t3-,4-,5+,6+,7-,8-,9-,10-,11?,12+;;3-,4-,5-,6-/m1.1/s1. The Labute approximate surface area is 250 Å². The molecule has 2 saturated heterocycles. The van der Waals surface area contributed by atoms with Crippen molar-refractivity contribution in [2.75, 3.05) is 26.4 Å². The van der Waals surface area contributed by atoms with E-state index in [2.05, 4.69) is 23.2 Å². The lowest BCUT2D eigenvalue weighted by Crippen LogP contribution is -2.64. The number of H-pyrrole nitrogens is 1. The SMILES string of the molecule is OC[C@@H](O)[C@@H](O)[C@H](O)[C@H](O)CO.OC[C@H]1O[C@@H](O[C@H]2[C@H](O)[C@@H](O)C(O)O[C@@H]2CO)[C@H](O)[C@@H](O)[C@H]1O.c1ccc2[nH]ccc2c1. The lowest BCUT2D eigenvalue weighted by atomic mass is 9.97. The number of hydrogen-bond donors (Lipinski definition) is 15. The first-order valence-corrected chi connectivity index (χ1v) is 13.5. The topological polar surface area (TPSA) is 327 Å². The molecule has 2 aliphatic heterocycles. The van der Waals surface area contributed by atoms with Crippen LogP contribution in [-0.2, 0) is 14.2 Å². The van der Waals surface area contributed by atoms with Crippen LogP contribution in [0.4, 0.5) is 0 Å². The zero-order valence-electron chi connectivity index (χ0n) is 23.4. The van der Waals surface area contributed by atoms with E-state index in [-0.39, 0.29) is 0 Å². The van der Waals surface area contributed by atoms with E-state index < -0.39 is 112 Å². The molecule has 2 aliphatic rings. The first kappa shape index (κ1) is 38.3. The monoisotopic (exact) mass is 641 g/mol. The molecule has 18 heteroatoms. The van der Waals surface area contributed by atoms with Crippen LogP contribution in [0.5, 0.6) is 0 Å². The van der Waals surface area contributed by atoms with E-state index in [0.29, 0.717) is 0 Å². The van der Waals surface area contributed by atoms with Gasteiger partial charge in [0, 0.05) is 11.7 Å². The summed E-state index contributed by atoms with van der Waals surface area (Å²) in [5.74, 6) is 0. The van der Waals surface area contributed by atoms with Crippen LogP contribution in [0.2, 0.25) is 0 Å². The number of aromatic amines is 1. The average molecular weight is 642 g/mol. The van der Waals surface area contributed by atoms with Crippen molar-refractivity contribution in [2.45, 2.75) is 85.8 Å².